The highest BCUT2D eigenvalue weighted by molar-refractivity contribution is 5.55. The molecule has 0 aliphatic heterocycles. The summed E-state index contributed by atoms with van der Waals surface area (Å²) in [6, 6.07) is 2.44. The first-order valence-corrected chi connectivity index (χ1v) is 6.70. The predicted octanol–water partition coefficient (Wildman–Crippen LogP) is 5.04. The Morgan fingerprint density at radius 3 is 1.91 bits per heavy atom. The Balaban J connectivity index is 3.25. The number of alkyl halides is 6. The molecule has 0 aliphatic rings. The summed E-state index contributed by atoms with van der Waals surface area (Å²) in [6.45, 7) is 3.59. The highest BCUT2D eigenvalue weighted by atomic mass is 19.4. The Hall–Kier alpha value is -1.60. The lowest BCUT2D eigenvalue weighted by atomic mass is 9.97. The van der Waals surface area contributed by atoms with Gasteiger partial charge in [-0.3, -0.25) is 0 Å². The van der Waals surface area contributed by atoms with Crippen molar-refractivity contribution in [1.29, 1.82) is 0 Å². The van der Waals surface area contributed by atoms with Gasteiger partial charge in [-0.05, 0) is 30.5 Å². The normalized spacial score (nSPS) is 13.0. The second kappa shape index (κ2) is 6.66. The maximum atomic E-state index is 12.7. The van der Waals surface area contributed by atoms with Gasteiger partial charge in [0, 0.05) is 0 Å². The lowest BCUT2D eigenvalue weighted by Gasteiger charge is -2.24. The van der Waals surface area contributed by atoms with Crippen LogP contribution in [0.3, 0.4) is 0 Å². The predicted molar refractivity (Wildman–Crippen MR) is 70.7 cm³/mol. The lowest BCUT2D eigenvalue weighted by Crippen LogP contribution is -2.34. The van der Waals surface area contributed by atoms with E-state index in [1.165, 1.54) is 0 Å². The van der Waals surface area contributed by atoms with Crippen molar-refractivity contribution in [1.82, 2.24) is 0 Å². The van der Waals surface area contributed by atoms with Crippen molar-refractivity contribution in [2.75, 3.05) is 5.73 Å². The van der Waals surface area contributed by atoms with E-state index in [1.807, 2.05) is 0 Å². The van der Waals surface area contributed by atoms with Gasteiger partial charge in [0.2, 0.25) is 0 Å². The molecule has 0 saturated heterocycles. The molecule has 0 heterocycles. The summed E-state index contributed by atoms with van der Waals surface area (Å²) < 4.78 is 81.8. The third-order valence-electron chi connectivity index (χ3n) is 3.23. The molecule has 0 bridgehead atoms. The molecule has 0 amide bonds. The highest BCUT2D eigenvalue weighted by Gasteiger charge is 2.57. The van der Waals surface area contributed by atoms with Gasteiger partial charge < -0.3 is 10.5 Å². The minimum absolute atomic E-state index is 0.00116. The first-order chi connectivity index (χ1) is 10.0. The summed E-state index contributed by atoms with van der Waals surface area (Å²) in [5, 5.41) is 0. The van der Waals surface area contributed by atoms with Crippen molar-refractivity contribution in [2.45, 2.75) is 51.1 Å². The van der Waals surface area contributed by atoms with Gasteiger partial charge in [0.15, 0.2) is 5.92 Å². The van der Waals surface area contributed by atoms with Crippen LogP contribution in [0.5, 0.6) is 5.75 Å². The SMILES string of the molecule is CCC(CC)Oc1cc(C(C(F)(F)F)C(F)(F)F)ccc1N. The largest absolute Gasteiger partial charge is 0.488 e. The highest BCUT2D eigenvalue weighted by Crippen LogP contribution is 2.47. The maximum Gasteiger partial charge on any atom is 0.404 e. The van der Waals surface area contributed by atoms with Crippen LogP contribution < -0.4 is 10.5 Å². The summed E-state index contributed by atoms with van der Waals surface area (Å²) in [6.07, 6.45) is -10.1. The topological polar surface area (TPSA) is 35.2 Å². The van der Waals surface area contributed by atoms with Crippen molar-refractivity contribution in [3.63, 3.8) is 0 Å². The molecule has 1 rings (SSSR count). The van der Waals surface area contributed by atoms with Crippen molar-refractivity contribution in [3.05, 3.63) is 23.8 Å². The zero-order valence-electron chi connectivity index (χ0n) is 12.1. The molecule has 2 nitrogen and oxygen atoms in total. The molecule has 126 valence electrons. The van der Waals surface area contributed by atoms with Crippen molar-refractivity contribution >= 4 is 5.69 Å². The Labute approximate surface area is 124 Å². The average Bonchev–Trinajstić information content (AvgIpc) is 2.36. The van der Waals surface area contributed by atoms with Crippen molar-refractivity contribution in [2.24, 2.45) is 0 Å². The van der Waals surface area contributed by atoms with Gasteiger partial charge in [0.1, 0.15) is 5.75 Å². The van der Waals surface area contributed by atoms with Gasteiger partial charge in [0.25, 0.3) is 0 Å². The monoisotopic (exact) mass is 329 g/mol. The fraction of sp³-hybridized carbons (Fsp3) is 0.571. The first kappa shape index (κ1) is 18.4. The van der Waals surface area contributed by atoms with E-state index >= 15 is 0 Å². The number of rotatable bonds is 5. The number of ether oxygens (including phenoxy) is 1. The summed E-state index contributed by atoms with van der Waals surface area (Å²) in [7, 11) is 0. The second-order valence-electron chi connectivity index (χ2n) is 4.87. The summed E-state index contributed by atoms with van der Waals surface area (Å²) in [5.41, 5.74) is 4.64. The minimum atomic E-state index is -5.44. The summed E-state index contributed by atoms with van der Waals surface area (Å²) >= 11 is 0. The van der Waals surface area contributed by atoms with E-state index in [9.17, 15) is 26.3 Å². The molecule has 22 heavy (non-hydrogen) atoms. The van der Waals surface area contributed by atoms with Crippen LogP contribution in [-0.2, 0) is 0 Å². The molecular formula is C14H17F6NO. The quantitative estimate of drug-likeness (QED) is 0.606. The number of anilines is 1. The van der Waals surface area contributed by atoms with Crippen LogP contribution in [0, 0.1) is 0 Å². The molecule has 0 aromatic heterocycles. The number of nitrogen functional groups attached to an aromatic ring is 1. The van der Waals surface area contributed by atoms with Crippen LogP contribution in [0.1, 0.15) is 38.2 Å². The molecular weight excluding hydrogens is 312 g/mol. The van der Waals surface area contributed by atoms with E-state index in [4.69, 9.17) is 10.5 Å². The van der Waals surface area contributed by atoms with Crippen LogP contribution in [0.4, 0.5) is 32.0 Å². The van der Waals surface area contributed by atoms with Crippen LogP contribution in [0.25, 0.3) is 0 Å². The third kappa shape index (κ3) is 4.45. The fourth-order valence-electron chi connectivity index (χ4n) is 2.03. The van der Waals surface area contributed by atoms with Crippen molar-refractivity contribution in [3.8, 4) is 5.75 Å². The van der Waals surface area contributed by atoms with Crippen molar-refractivity contribution < 1.29 is 31.1 Å². The summed E-state index contributed by atoms with van der Waals surface area (Å²) in [5.74, 6) is -3.73. The molecule has 0 saturated carbocycles. The Morgan fingerprint density at radius 2 is 1.50 bits per heavy atom. The third-order valence-corrected chi connectivity index (χ3v) is 3.23. The molecule has 0 unspecified atom stereocenters. The second-order valence-corrected chi connectivity index (χ2v) is 4.87. The molecule has 1 aromatic carbocycles. The van der Waals surface area contributed by atoms with Gasteiger partial charge in [-0.1, -0.05) is 19.9 Å². The average molecular weight is 329 g/mol. The smallest absolute Gasteiger partial charge is 0.404 e. The van der Waals surface area contributed by atoms with E-state index in [0.717, 1.165) is 18.2 Å². The molecule has 0 aliphatic carbocycles. The molecule has 8 heteroatoms. The number of benzene rings is 1. The van der Waals surface area contributed by atoms with E-state index in [2.05, 4.69) is 0 Å². The Bertz CT molecular complexity index is 479. The van der Waals surface area contributed by atoms with E-state index < -0.39 is 23.8 Å². The molecule has 2 N–H and O–H groups in total. The number of halogens is 6. The zero-order valence-corrected chi connectivity index (χ0v) is 12.1. The van der Waals surface area contributed by atoms with Crippen LogP contribution in [0.15, 0.2) is 18.2 Å². The van der Waals surface area contributed by atoms with Gasteiger partial charge in [-0.2, -0.15) is 26.3 Å². The summed E-state index contributed by atoms with van der Waals surface area (Å²) in [4.78, 5) is 0. The standard InChI is InChI=1S/C14H17F6NO/c1-3-9(4-2)22-11-7-8(5-6-10(11)21)12(13(15,16)17)14(18,19)20/h5-7,9,12H,3-4,21H2,1-2H3. The lowest BCUT2D eigenvalue weighted by molar-refractivity contribution is -0.253. The molecule has 1 aromatic rings. The number of hydrogen-bond donors (Lipinski definition) is 1. The maximum absolute atomic E-state index is 12.7. The Morgan fingerprint density at radius 1 is 1.00 bits per heavy atom. The van der Waals surface area contributed by atoms with Gasteiger partial charge in [-0.15, -0.1) is 0 Å². The molecule has 0 atom stereocenters. The Kier molecular flexibility index (Phi) is 5.59. The fourth-order valence-corrected chi connectivity index (χ4v) is 2.03. The van der Waals surface area contributed by atoms with E-state index in [0.29, 0.717) is 12.8 Å². The minimum Gasteiger partial charge on any atom is -0.488 e. The molecule has 0 radical (unpaired) electrons. The number of hydrogen-bond acceptors (Lipinski definition) is 2. The number of nitrogens with two attached hydrogens (primary N) is 1. The molecule has 0 fully saturated rings. The first-order valence-electron chi connectivity index (χ1n) is 6.70. The van der Waals surface area contributed by atoms with E-state index in [1.54, 1.807) is 13.8 Å². The van der Waals surface area contributed by atoms with Crippen LogP contribution >= 0.6 is 0 Å². The van der Waals surface area contributed by atoms with Gasteiger partial charge in [-0.25, -0.2) is 0 Å². The van der Waals surface area contributed by atoms with E-state index in [-0.39, 0.29) is 17.5 Å². The zero-order chi connectivity index (χ0) is 17.1. The van der Waals surface area contributed by atoms with Gasteiger partial charge >= 0.3 is 12.4 Å². The van der Waals surface area contributed by atoms with Crippen LogP contribution in [-0.4, -0.2) is 18.5 Å². The van der Waals surface area contributed by atoms with Crippen LogP contribution in [0.2, 0.25) is 0 Å². The van der Waals surface area contributed by atoms with Gasteiger partial charge in [0.05, 0.1) is 11.8 Å². The molecule has 0 spiro atoms.